The maximum absolute atomic E-state index is 10.7. The summed E-state index contributed by atoms with van der Waals surface area (Å²) in [5, 5.41) is 13.0. The number of benzene rings is 2. The summed E-state index contributed by atoms with van der Waals surface area (Å²) < 4.78 is 2.54. The number of halogens is 1. The fraction of sp³-hybridized carbons (Fsp3) is 0.0588. The van der Waals surface area contributed by atoms with Crippen molar-refractivity contribution in [3.05, 3.63) is 76.9 Å². The van der Waals surface area contributed by atoms with Gasteiger partial charge in [0.2, 0.25) is 0 Å². The average molecular weight is 354 g/mol. The van der Waals surface area contributed by atoms with E-state index in [0.29, 0.717) is 15.9 Å². The van der Waals surface area contributed by atoms with Crippen LogP contribution in [0.2, 0.25) is 0 Å². The summed E-state index contributed by atoms with van der Waals surface area (Å²) in [7, 11) is 0. The van der Waals surface area contributed by atoms with Crippen LogP contribution >= 0.6 is 15.9 Å². The number of nitrogens with zero attached hydrogens (tertiary/aromatic N) is 3. The second-order valence-electron chi connectivity index (χ2n) is 5.13. The lowest BCUT2D eigenvalue weighted by atomic mass is 10.0. The molecule has 5 heteroatoms. The summed E-state index contributed by atoms with van der Waals surface area (Å²) in [5.74, 6) is 0. The molecule has 108 valence electrons. The zero-order valence-electron chi connectivity index (χ0n) is 11.5. The van der Waals surface area contributed by atoms with E-state index >= 15 is 0 Å². The lowest BCUT2D eigenvalue weighted by Gasteiger charge is -2.12. The lowest BCUT2D eigenvalue weighted by molar-refractivity contribution is 0.214. The van der Waals surface area contributed by atoms with Crippen molar-refractivity contribution in [2.75, 3.05) is 0 Å². The van der Waals surface area contributed by atoms with Crippen molar-refractivity contribution in [2.24, 2.45) is 0 Å². The molecule has 2 aromatic heterocycles. The molecule has 0 amide bonds. The van der Waals surface area contributed by atoms with Gasteiger partial charge in [-0.05, 0) is 38.3 Å². The van der Waals surface area contributed by atoms with E-state index in [1.807, 2.05) is 47.0 Å². The van der Waals surface area contributed by atoms with Crippen LogP contribution in [-0.4, -0.2) is 19.5 Å². The average Bonchev–Trinajstić information content (AvgIpc) is 2.96. The van der Waals surface area contributed by atoms with E-state index < -0.39 is 6.10 Å². The smallest absolute Gasteiger partial charge is 0.155 e. The molecule has 0 spiro atoms. The van der Waals surface area contributed by atoms with Gasteiger partial charge in [0.25, 0.3) is 0 Å². The minimum atomic E-state index is -0.742. The highest BCUT2D eigenvalue weighted by Gasteiger charge is 2.16. The first-order valence-corrected chi connectivity index (χ1v) is 7.67. The van der Waals surface area contributed by atoms with Gasteiger partial charge in [0.1, 0.15) is 10.7 Å². The van der Waals surface area contributed by atoms with Gasteiger partial charge in [0, 0.05) is 6.20 Å². The Morgan fingerprint density at radius 3 is 2.68 bits per heavy atom. The van der Waals surface area contributed by atoms with Crippen LogP contribution in [-0.2, 0) is 0 Å². The van der Waals surface area contributed by atoms with E-state index in [-0.39, 0.29) is 0 Å². The van der Waals surface area contributed by atoms with Gasteiger partial charge in [-0.3, -0.25) is 4.40 Å². The second-order valence-corrected chi connectivity index (χ2v) is 5.94. The summed E-state index contributed by atoms with van der Waals surface area (Å²) in [6, 6.07) is 14.1. The molecule has 1 N–H and O–H groups in total. The summed E-state index contributed by atoms with van der Waals surface area (Å²) in [6.07, 6.45) is 4.42. The van der Waals surface area contributed by atoms with Gasteiger partial charge >= 0.3 is 0 Å². The van der Waals surface area contributed by atoms with Gasteiger partial charge in [-0.2, -0.15) is 0 Å². The Balaban J connectivity index is 1.84. The molecular formula is C17H12BrN3O. The molecule has 1 atom stereocenters. The molecule has 0 fully saturated rings. The standard InChI is InChI=1S/C17H12BrN3O/c18-15-10-21-14(8-20-16(21)9-19-15)17(22)13-6-5-11-3-1-2-4-12(11)7-13/h1-10,17,22H. The number of fused-ring (bicyclic) bond motifs is 2. The zero-order valence-corrected chi connectivity index (χ0v) is 13.1. The number of hydrogen-bond acceptors (Lipinski definition) is 3. The van der Waals surface area contributed by atoms with Gasteiger partial charge in [0.15, 0.2) is 5.65 Å². The molecule has 0 radical (unpaired) electrons. The maximum Gasteiger partial charge on any atom is 0.155 e. The molecule has 2 aromatic carbocycles. The van der Waals surface area contributed by atoms with Crippen LogP contribution in [0.25, 0.3) is 16.4 Å². The van der Waals surface area contributed by atoms with Crippen molar-refractivity contribution >= 4 is 32.3 Å². The lowest BCUT2D eigenvalue weighted by Crippen LogP contribution is -2.03. The fourth-order valence-corrected chi connectivity index (χ4v) is 2.94. The van der Waals surface area contributed by atoms with Crippen LogP contribution in [0.5, 0.6) is 0 Å². The molecule has 2 heterocycles. The Morgan fingerprint density at radius 1 is 1.00 bits per heavy atom. The molecule has 0 aliphatic carbocycles. The predicted octanol–water partition coefficient (Wildman–Crippen LogP) is 3.73. The van der Waals surface area contributed by atoms with Crippen molar-refractivity contribution in [2.45, 2.75) is 6.10 Å². The van der Waals surface area contributed by atoms with Crippen molar-refractivity contribution in [3.63, 3.8) is 0 Å². The Hall–Kier alpha value is -2.24. The Morgan fingerprint density at radius 2 is 1.82 bits per heavy atom. The quantitative estimate of drug-likeness (QED) is 0.597. The summed E-state index contributed by atoms with van der Waals surface area (Å²) in [6.45, 7) is 0. The van der Waals surface area contributed by atoms with Crippen molar-refractivity contribution < 1.29 is 5.11 Å². The number of aromatic nitrogens is 3. The minimum Gasteiger partial charge on any atom is -0.382 e. The van der Waals surface area contributed by atoms with Crippen LogP contribution in [0.15, 0.2) is 65.7 Å². The number of aliphatic hydroxyl groups excluding tert-OH is 1. The van der Waals surface area contributed by atoms with Gasteiger partial charge in [-0.1, -0.05) is 36.4 Å². The molecule has 0 saturated heterocycles. The highest BCUT2D eigenvalue weighted by Crippen LogP contribution is 2.26. The van der Waals surface area contributed by atoms with Gasteiger partial charge < -0.3 is 5.11 Å². The van der Waals surface area contributed by atoms with E-state index in [2.05, 4.69) is 32.0 Å². The third kappa shape index (κ3) is 2.19. The first-order valence-electron chi connectivity index (χ1n) is 6.87. The highest BCUT2D eigenvalue weighted by atomic mass is 79.9. The summed E-state index contributed by atoms with van der Waals surface area (Å²) in [5.41, 5.74) is 2.26. The number of imidazole rings is 1. The van der Waals surface area contributed by atoms with Crippen LogP contribution in [0.1, 0.15) is 17.4 Å². The van der Waals surface area contributed by atoms with Crippen LogP contribution in [0.4, 0.5) is 0 Å². The third-order valence-corrected chi connectivity index (χ3v) is 4.17. The molecule has 0 bridgehead atoms. The molecule has 4 nitrogen and oxygen atoms in total. The molecule has 0 aliphatic rings. The van der Waals surface area contributed by atoms with Gasteiger partial charge in [-0.25, -0.2) is 9.97 Å². The summed E-state index contributed by atoms with van der Waals surface area (Å²) in [4.78, 5) is 8.43. The largest absolute Gasteiger partial charge is 0.382 e. The van der Waals surface area contributed by atoms with Crippen molar-refractivity contribution in [3.8, 4) is 0 Å². The van der Waals surface area contributed by atoms with Crippen molar-refractivity contribution in [1.29, 1.82) is 0 Å². The third-order valence-electron chi connectivity index (χ3n) is 3.76. The van der Waals surface area contributed by atoms with E-state index in [1.165, 1.54) is 0 Å². The van der Waals surface area contributed by atoms with E-state index in [9.17, 15) is 5.11 Å². The molecule has 22 heavy (non-hydrogen) atoms. The first kappa shape index (κ1) is 13.4. The number of aliphatic hydroxyl groups is 1. The van der Waals surface area contributed by atoms with Crippen LogP contribution in [0.3, 0.4) is 0 Å². The van der Waals surface area contributed by atoms with E-state index in [1.54, 1.807) is 12.4 Å². The highest BCUT2D eigenvalue weighted by molar-refractivity contribution is 9.10. The second kappa shape index (κ2) is 5.19. The molecule has 0 aliphatic heterocycles. The predicted molar refractivity (Wildman–Crippen MR) is 88.7 cm³/mol. The molecule has 1 unspecified atom stereocenters. The van der Waals surface area contributed by atoms with Crippen LogP contribution in [0, 0.1) is 0 Å². The first-order chi connectivity index (χ1) is 10.7. The van der Waals surface area contributed by atoms with E-state index in [0.717, 1.165) is 16.3 Å². The Bertz CT molecular complexity index is 980. The topological polar surface area (TPSA) is 50.4 Å². The van der Waals surface area contributed by atoms with Crippen LogP contribution < -0.4 is 0 Å². The molecule has 4 aromatic rings. The SMILES string of the molecule is OC(c1ccc2ccccc2c1)c1cnc2cnc(Br)cn12. The Labute approximate surface area is 135 Å². The monoisotopic (exact) mass is 353 g/mol. The Kier molecular flexibility index (Phi) is 3.17. The van der Waals surface area contributed by atoms with Gasteiger partial charge in [0.05, 0.1) is 18.1 Å². The molecule has 4 rings (SSSR count). The maximum atomic E-state index is 10.7. The number of hydrogen-bond donors (Lipinski definition) is 1. The molecule has 0 saturated carbocycles. The molecular weight excluding hydrogens is 342 g/mol. The fourth-order valence-electron chi connectivity index (χ4n) is 2.64. The normalized spacial score (nSPS) is 12.8. The zero-order chi connectivity index (χ0) is 15.1. The number of rotatable bonds is 2. The van der Waals surface area contributed by atoms with Gasteiger partial charge in [-0.15, -0.1) is 0 Å². The minimum absolute atomic E-state index is 0.699. The summed E-state index contributed by atoms with van der Waals surface area (Å²) >= 11 is 3.35. The van der Waals surface area contributed by atoms with E-state index in [4.69, 9.17) is 0 Å². The van der Waals surface area contributed by atoms with Crippen molar-refractivity contribution in [1.82, 2.24) is 14.4 Å².